The van der Waals surface area contributed by atoms with E-state index in [4.69, 9.17) is 21.4 Å². The summed E-state index contributed by atoms with van der Waals surface area (Å²) in [7, 11) is -4.39. The minimum absolute atomic E-state index is 0.148. The first-order valence-electron chi connectivity index (χ1n) is 3.42. The molecule has 1 aromatic rings. The van der Waals surface area contributed by atoms with Crippen molar-refractivity contribution in [1.29, 1.82) is 0 Å². The monoisotopic (exact) mass is 222 g/mol. The summed E-state index contributed by atoms with van der Waals surface area (Å²) in [4.78, 5) is 16.8. The summed E-state index contributed by atoms with van der Waals surface area (Å²) in [5, 5.41) is 0.506. The van der Waals surface area contributed by atoms with Gasteiger partial charge in [-0.3, -0.25) is 4.52 Å². The number of rotatable bonds is 3. The number of phosphoric ester groups is 1. The van der Waals surface area contributed by atoms with Crippen molar-refractivity contribution in [3.8, 4) is 0 Å². The molecule has 0 fully saturated rings. The number of phosphoric acid groups is 1. The van der Waals surface area contributed by atoms with Crippen LogP contribution in [0.2, 0.25) is 5.02 Å². The number of halogens is 1. The van der Waals surface area contributed by atoms with Gasteiger partial charge < -0.3 is 9.79 Å². The molecule has 72 valence electrons. The first kappa shape index (κ1) is 10.7. The second-order valence-electron chi connectivity index (χ2n) is 2.39. The summed E-state index contributed by atoms with van der Waals surface area (Å²) >= 11 is 5.65. The molecule has 0 aromatic heterocycles. The van der Waals surface area contributed by atoms with Crippen molar-refractivity contribution in [3.63, 3.8) is 0 Å². The van der Waals surface area contributed by atoms with Crippen LogP contribution in [-0.2, 0) is 15.7 Å². The van der Waals surface area contributed by atoms with E-state index in [0.29, 0.717) is 10.6 Å². The fourth-order valence-electron chi connectivity index (χ4n) is 0.785. The van der Waals surface area contributed by atoms with Gasteiger partial charge in [-0.1, -0.05) is 23.7 Å². The summed E-state index contributed by atoms with van der Waals surface area (Å²) < 4.78 is 14.6. The van der Waals surface area contributed by atoms with Gasteiger partial charge in [-0.15, -0.1) is 0 Å². The van der Waals surface area contributed by atoms with Crippen LogP contribution in [0.4, 0.5) is 0 Å². The minimum Gasteiger partial charge on any atom is -0.303 e. The van der Waals surface area contributed by atoms with Crippen LogP contribution in [0.3, 0.4) is 0 Å². The van der Waals surface area contributed by atoms with E-state index >= 15 is 0 Å². The largest absolute Gasteiger partial charge is 0.469 e. The van der Waals surface area contributed by atoms with E-state index in [1.165, 1.54) is 0 Å². The molecule has 0 aliphatic carbocycles. The second kappa shape index (κ2) is 4.22. The molecule has 2 N–H and O–H groups in total. The first-order chi connectivity index (χ1) is 5.97. The summed E-state index contributed by atoms with van der Waals surface area (Å²) in [6, 6.07) is 6.60. The van der Waals surface area contributed by atoms with Gasteiger partial charge in [-0.25, -0.2) is 4.57 Å². The van der Waals surface area contributed by atoms with Gasteiger partial charge in [0.05, 0.1) is 6.61 Å². The molecular weight excluding hydrogens is 214 g/mol. The van der Waals surface area contributed by atoms with Gasteiger partial charge in [0.25, 0.3) is 0 Å². The highest BCUT2D eigenvalue weighted by atomic mass is 35.5. The Morgan fingerprint density at radius 3 is 2.69 bits per heavy atom. The number of hydrogen-bond donors (Lipinski definition) is 2. The highest BCUT2D eigenvalue weighted by molar-refractivity contribution is 7.46. The van der Waals surface area contributed by atoms with Crippen LogP contribution in [0.15, 0.2) is 24.3 Å². The molecule has 0 spiro atoms. The molecule has 0 amide bonds. The lowest BCUT2D eigenvalue weighted by atomic mass is 10.2. The molecule has 1 rings (SSSR count). The van der Waals surface area contributed by atoms with Crippen molar-refractivity contribution in [2.45, 2.75) is 6.61 Å². The number of benzene rings is 1. The van der Waals surface area contributed by atoms with Gasteiger partial charge in [-0.2, -0.15) is 0 Å². The Balaban J connectivity index is 2.60. The SMILES string of the molecule is O=P(O)(O)OCc1cccc(Cl)c1. The third-order valence-corrected chi connectivity index (χ3v) is 1.99. The van der Waals surface area contributed by atoms with Gasteiger partial charge in [0, 0.05) is 5.02 Å². The van der Waals surface area contributed by atoms with Gasteiger partial charge >= 0.3 is 7.82 Å². The summed E-state index contributed by atoms with van der Waals surface area (Å²) in [6.07, 6.45) is 0. The molecule has 0 radical (unpaired) electrons. The van der Waals surface area contributed by atoms with Crippen LogP contribution in [0.25, 0.3) is 0 Å². The van der Waals surface area contributed by atoms with E-state index in [1.807, 2.05) is 0 Å². The van der Waals surface area contributed by atoms with Crippen molar-refractivity contribution >= 4 is 19.4 Å². The standard InChI is InChI=1S/C7H8ClO4P/c8-7-3-1-2-6(4-7)5-12-13(9,10)11/h1-4H,5H2,(H2,9,10,11). The minimum atomic E-state index is -4.39. The Morgan fingerprint density at radius 2 is 2.15 bits per heavy atom. The molecule has 0 unspecified atom stereocenters. The zero-order chi connectivity index (χ0) is 9.90. The van der Waals surface area contributed by atoms with Crippen LogP contribution in [0, 0.1) is 0 Å². The average Bonchev–Trinajstić information content (AvgIpc) is 2.00. The first-order valence-corrected chi connectivity index (χ1v) is 5.33. The van der Waals surface area contributed by atoms with Crippen molar-refractivity contribution < 1.29 is 18.9 Å². The van der Waals surface area contributed by atoms with Crippen molar-refractivity contribution in [2.75, 3.05) is 0 Å². The highest BCUT2D eigenvalue weighted by Crippen LogP contribution is 2.36. The maximum Gasteiger partial charge on any atom is 0.469 e. The Kier molecular flexibility index (Phi) is 3.47. The van der Waals surface area contributed by atoms with Crippen molar-refractivity contribution in [2.24, 2.45) is 0 Å². The van der Waals surface area contributed by atoms with Crippen LogP contribution >= 0.6 is 19.4 Å². The quantitative estimate of drug-likeness (QED) is 0.767. The zero-order valence-corrected chi connectivity index (χ0v) is 8.20. The fraction of sp³-hybridized carbons (Fsp3) is 0.143. The van der Waals surface area contributed by atoms with E-state index in [0.717, 1.165) is 0 Å². The number of hydrogen-bond acceptors (Lipinski definition) is 2. The van der Waals surface area contributed by atoms with Gasteiger partial charge in [0.2, 0.25) is 0 Å². The maximum absolute atomic E-state index is 10.3. The maximum atomic E-state index is 10.3. The Morgan fingerprint density at radius 1 is 1.46 bits per heavy atom. The molecule has 0 saturated carbocycles. The molecule has 0 atom stereocenters. The predicted octanol–water partition coefficient (Wildman–Crippen LogP) is 1.95. The molecule has 13 heavy (non-hydrogen) atoms. The zero-order valence-electron chi connectivity index (χ0n) is 6.55. The molecular formula is C7H8ClO4P. The molecule has 6 heteroatoms. The summed E-state index contributed by atoms with van der Waals surface area (Å²) in [6.45, 7) is -0.148. The van der Waals surface area contributed by atoms with Crippen molar-refractivity contribution in [1.82, 2.24) is 0 Å². The molecule has 0 aliphatic rings. The molecule has 1 aromatic carbocycles. The van der Waals surface area contributed by atoms with E-state index in [2.05, 4.69) is 4.52 Å². The van der Waals surface area contributed by atoms with Crippen LogP contribution < -0.4 is 0 Å². The van der Waals surface area contributed by atoms with Gasteiger partial charge in [0.1, 0.15) is 0 Å². The molecule has 4 nitrogen and oxygen atoms in total. The lowest BCUT2D eigenvalue weighted by molar-refractivity contribution is 0.189. The lowest BCUT2D eigenvalue weighted by Gasteiger charge is -2.04. The van der Waals surface area contributed by atoms with E-state index in [9.17, 15) is 4.57 Å². The van der Waals surface area contributed by atoms with Crippen LogP contribution in [-0.4, -0.2) is 9.79 Å². The topological polar surface area (TPSA) is 66.8 Å². The smallest absolute Gasteiger partial charge is 0.303 e. The summed E-state index contributed by atoms with van der Waals surface area (Å²) in [5.74, 6) is 0. The predicted molar refractivity (Wildman–Crippen MR) is 48.3 cm³/mol. The van der Waals surface area contributed by atoms with Gasteiger partial charge in [0.15, 0.2) is 0 Å². The van der Waals surface area contributed by atoms with Crippen LogP contribution in [0.5, 0.6) is 0 Å². The van der Waals surface area contributed by atoms with Crippen LogP contribution in [0.1, 0.15) is 5.56 Å². The molecule has 0 saturated heterocycles. The van der Waals surface area contributed by atoms with Crippen molar-refractivity contribution in [3.05, 3.63) is 34.9 Å². The second-order valence-corrected chi connectivity index (χ2v) is 4.07. The molecule has 0 heterocycles. The molecule has 0 aliphatic heterocycles. The van der Waals surface area contributed by atoms with Gasteiger partial charge in [-0.05, 0) is 17.7 Å². The summed E-state index contributed by atoms with van der Waals surface area (Å²) in [5.41, 5.74) is 0.621. The highest BCUT2D eigenvalue weighted by Gasteiger charge is 2.13. The Bertz CT molecular complexity index is 335. The normalized spacial score (nSPS) is 11.6. The molecule has 0 bridgehead atoms. The van der Waals surface area contributed by atoms with E-state index < -0.39 is 7.82 Å². The Hall–Kier alpha value is -0.380. The lowest BCUT2D eigenvalue weighted by Crippen LogP contribution is -1.90. The third-order valence-electron chi connectivity index (χ3n) is 1.29. The van der Waals surface area contributed by atoms with E-state index in [-0.39, 0.29) is 6.61 Å². The third kappa shape index (κ3) is 4.41. The fourth-order valence-corrected chi connectivity index (χ4v) is 1.32. The van der Waals surface area contributed by atoms with E-state index in [1.54, 1.807) is 24.3 Å². The average molecular weight is 223 g/mol. The Labute approximate surface area is 80.4 Å².